The van der Waals surface area contributed by atoms with Gasteiger partial charge in [-0.2, -0.15) is 0 Å². The smallest absolute Gasteiger partial charge is 0.339 e. The summed E-state index contributed by atoms with van der Waals surface area (Å²) < 4.78 is 4.77. The van der Waals surface area contributed by atoms with Crippen molar-refractivity contribution in [3.8, 4) is 0 Å². The van der Waals surface area contributed by atoms with Crippen LogP contribution >= 0.6 is 11.3 Å². The average Bonchev–Trinajstić information content (AvgIpc) is 3.14. The first-order chi connectivity index (χ1) is 10.5. The molecular weight excluding hydrogens is 302 g/mol. The predicted octanol–water partition coefficient (Wildman–Crippen LogP) is 2.38. The van der Waals surface area contributed by atoms with E-state index in [4.69, 9.17) is 4.74 Å². The minimum absolute atomic E-state index is 0.0719. The van der Waals surface area contributed by atoms with Gasteiger partial charge in [-0.3, -0.25) is 4.79 Å². The van der Waals surface area contributed by atoms with E-state index in [9.17, 15) is 9.59 Å². The summed E-state index contributed by atoms with van der Waals surface area (Å²) >= 11 is 1.51. The normalized spacial score (nSPS) is 12.0. The molecule has 0 saturated carbocycles. The fourth-order valence-corrected chi connectivity index (χ4v) is 2.88. The Kier molecular flexibility index (Phi) is 5.32. The van der Waals surface area contributed by atoms with Gasteiger partial charge >= 0.3 is 5.97 Å². The molecule has 118 valence electrons. The zero-order valence-electron chi connectivity index (χ0n) is 12.8. The van der Waals surface area contributed by atoms with E-state index < -0.39 is 0 Å². The number of aromatic amines is 1. The third kappa shape index (κ3) is 3.73. The van der Waals surface area contributed by atoms with Gasteiger partial charge in [-0.25, -0.2) is 9.78 Å². The number of nitrogens with one attached hydrogen (secondary N) is 2. The van der Waals surface area contributed by atoms with E-state index in [0.29, 0.717) is 18.4 Å². The first-order valence-electron chi connectivity index (χ1n) is 6.96. The van der Waals surface area contributed by atoms with Crippen molar-refractivity contribution in [2.24, 2.45) is 0 Å². The number of carbonyl (C=O) groups excluding carboxylic acids is 2. The number of esters is 1. The van der Waals surface area contributed by atoms with Crippen LogP contribution in [0.1, 0.15) is 46.0 Å². The minimum Gasteiger partial charge on any atom is -0.465 e. The first-order valence-corrected chi connectivity index (χ1v) is 7.84. The quantitative estimate of drug-likeness (QED) is 0.800. The summed E-state index contributed by atoms with van der Waals surface area (Å²) in [5.74, 6) is -0.456. The summed E-state index contributed by atoms with van der Waals surface area (Å²) in [4.78, 5) is 30.9. The Labute approximate surface area is 132 Å². The van der Waals surface area contributed by atoms with E-state index >= 15 is 0 Å². The van der Waals surface area contributed by atoms with E-state index in [1.807, 2.05) is 12.3 Å². The van der Waals surface area contributed by atoms with Crippen LogP contribution in [-0.4, -0.2) is 29.0 Å². The van der Waals surface area contributed by atoms with Crippen LogP contribution in [0.5, 0.6) is 0 Å². The van der Waals surface area contributed by atoms with Gasteiger partial charge in [0.15, 0.2) is 0 Å². The second-order valence-electron chi connectivity index (χ2n) is 4.97. The monoisotopic (exact) mass is 321 g/mol. The van der Waals surface area contributed by atoms with Gasteiger partial charge in [0.2, 0.25) is 5.91 Å². The van der Waals surface area contributed by atoms with Gasteiger partial charge in [0, 0.05) is 29.9 Å². The maximum Gasteiger partial charge on any atom is 0.339 e. The lowest BCUT2D eigenvalue weighted by Gasteiger charge is -2.11. The largest absolute Gasteiger partial charge is 0.465 e. The van der Waals surface area contributed by atoms with Gasteiger partial charge in [0.25, 0.3) is 0 Å². The number of rotatable bonds is 6. The molecule has 6 nitrogen and oxygen atoms in total. The molecule has 2 aromatic heterocycles. The zero-order valence-corrected chi connectivity index (χ0v) is 13.6. The number of ether oxygens (including phenoxy) is 1. The van der Waals surface area contributed by atoms with Crippen molar-refractivity contribution in [2.45, 2.75) is 32.7 Å². The Morgan fingerprint density at radius 1 is 1.50 bits per heavy atom. The van der Waals surface area contributed by atoms with Gasteiger partial charge in [0.05, 0.1) is 18.7 Å². The second kappa shape index (κ2) is 7.22. The number of H-pyrrole nitrogens is 1. The topological polar surface area (TPSA) is 84.1 Å². The van der Waals surface area contributed by atoms with E-state index in [2.05, 4.69) is 15.3 Å². The van der Waals surface area contributed by atoms with Crippen LogP contribution in [0.25, 0.3) is 0 Å². The van der Waals surface area contributed by atoms with Crippen LogP contribution in [0.4, 0.5) is 0 Å². The van der Waals surface area contributed by atoms with Gasteiger partial charge < -0.3 is 15.0 Å². The number of methoxy groups -OCH3 is 1. The maximum atomic E-state index is 12.0. The van der Waals surface area contributed by atoms with Crippen LogP contribution in [0.3, 0.4) is 0 Å². The number of aryl methyl sites for hydroxylation is 2. The van der Waals surface area contributed by atoms with Gasteiger partial charge in [-0.05, 0) is 25.8 Å². The first kappa shape index (κ1) is 16.2. The highest BCUT2D eigenvalue weighted by Crippen LogP contribution is 2.18. The van der Waals surface area contributed by atoms with Gasteiger partial charge in [0.1, 0.15) is 5.01 Å². The standard InChI is InChI=1S/C15H19N3O3S/c1-9-13(15(20)21-3)11(8-17-9)4-5-12(19)18-10(2)14-16-6-7-22-14/h6-8,10,17H,4-5H2,1-3H3,(H,18,19)/t10-/m0/s1. The lowest BCUT2D eigenvalue weighted by Crippen LogP contribution is -2.26. The molecule has 0 unspecified atom stereocenters. The molecule has 1 amide bonds. The molecule has 2 heterocycles. The number of carbonyl (C=O) groups is 2. The third-order valence-corrected chi connectivity index (χ3v) is 4.33. The summed E-state index contributed by atoms with van der Waals surface area (Å²) in [5, 5.41) is 5.66. The molecule has 0 spiro atoms. The Bertz CT molecular complexity index is 649. The third-order valence-electron chi connectivity index (χ3n) is 3.37. The number of nitrogens with zero attached hydrogens (tertiary/aromatic N) is 1. The maximum absolute atomic E-state index is 12.0. The van der Waals surface area contributed by atoms with Crippen LogP contribution in [-0.2, 0) is 16.0 Å². The molecule has 0 aliphatic heterocycles. The molecule has 0 aromatic carbocycles. The van der Waals surface area contributed by atoms with E-state index in [1.165, 1.54) is 18.4 Å². The molecular formula is C15H19N3O3S. The zero-order chi connectivity index (χ0) is 16.1. The Balaban J connectivity index is 1.93. The molecule has 2 N–H and O–H groups in total. The van der Waals surface area contributed by atoms with Crippen LogP contribution in [0, 0.1) is 6.92 Å². The molecule has 22 heavy (non-hydrogen) atoms. The molecule has 0 fully saturated rings. The highest BCUT2D eigenvalue weighted by atomic mass is 32.1. The molecule has 0 aliphatic rings. The summed E-state index contributed by atoms with van der Waals surface area (Å²) in [6.45, 7) is 3.71. The molecule has 0 bridgehead atoms. The van der Waals surface area contributed by atoms with Crippen molar-refractivity contribution >= 4 is 23.2 Å². The van der Waals surface area contributed by atoms with Crippen LogP contribution < -0.4 is 5.32 Å². The fourth-order valence-electron chi connectivity index (χ4n) is 2.24. The summed E-state index contributed by atoms with van der Waals surface area (Å²) in [7, 11) is 1.35. The lowest BCUT2D eigenvalue weighted by molar-refractivity contribution is -0.121. The fraction of sp³-hybridized carbons (Fsp3) is 0.400. The Morgan fingerprint density at radius 3 is 2.91 bits per heavy atom. The molecule has 0 saturated heterocycles. The van der Waals surface area contributed by atoms with Gasteiger partial charge in [-0.15, -0.1) is 11.3 Å². The molecule has 0 radical (unpaired) electrons. The van der Waals surface area contributed by atoms with Crippen molar-refractivity contribution in [1.82, 2.24) is 15.3 Å². The Morgan fingerprint density at radius 2 is 2.27 bits per heavy atom. The predicted molar refractivity (Wildman–Crippen MR) is 83.9 cm³/mol. The molecule has 2 aromatic rings. The van der Waals surface area contributed by atoms with Crippen LogP contribution in [0.15, 0.2) is 17.8 Å². The van der Waals surface area contributed by atoms with E-state index in [0.717, 1.165) is 16.3 Å². The highest BCUT2D eigenvalue weighted by Gasteiger charge is 2.18. The molecule has 7 heteroatoms. The van der Waals surface area contributed by atoms with E-state index in [-0.39, 0.29) is 17.9 Å². The lowest BCUT2D eigenvalue weighted by atomic mass is 10.1. The SMILES string of the molecule is COC(=O)c1c(CCC(=O)N[C@@H](C)c2nccs2)c[nH]c1C. The summed E-state index contributed by atoms with van der Waals surface area (Å²) in [6, 6.07) is -0.111. The van der Waals surface area contributed by atoms with Crippen LogP contribution in [0.2, 0.25) is 0 Å². The van der Waals surface area contributed by atoms with Crippen molar-refractivity contribution in [2.75, 3.05) is 7.11 Å². The van der Waals surface area contributed by atoms with Crippen molar-refractivity contribution in [3.63, 3.8) is 0 Å². The van der Waals surface area contributed by atoms with Crippen molar-refractivity contribution < 1.29 is 14.3 Å². The second-order valence-corrected chi connectivity index (χ2v) is 5.89. The number of aromatic nitrogens is 2. The number of amides is 1. The highest BCUT2D eigenvalue weighted by molar-refractivity contribution is 7.09. The average molecular weight is 321 g/mol. The summed E-state index contributed by atoms with van der Waals surface area (Å²) in [6.07, 6.45) is 4.25. The number of thiazole rings is 1. The number of hydrogen-bond acceptors (Lipinski definition) is 5. The number of hydrogen-bond donors (Lipinski definition) is 2. The molecule has 1 atom stereocenters. The minimum atomic E-state index is -0.384. The molecule has 0 aliphatic carbocycles. The Hall–Kier alpha value is -2.15. The van der Waals surface area contributed by atoms with Crippen molar-refractivity contribution in [3.05, 3.63) is 39.6 Å². The van der Waals surface area contributed by atoms with Gasteiger partial charge in [-0.1, -0.05) is 0 Å². The van der Waals surface area contributed by atoms with Crippen molar-refractivity contribution in [1.29, 1.82) is 0 Å². The molecule has 2 rings (SSSR count). The van der Waals surface area contributed by atoms with E-state index in [1.54, 1.807) is 19.3 Å². The summed E-state index contributed by atoms with van der Waals surface area (Å²) in [5.41, 5.74) is 2.06.